The van der Waals surface area contributed by atoms with Gasteiger partial charge in [0, 0.05) is 16.9 Å². The number of nitrogens with one attached hydrogen (secondary N) is 1. The Morgan fingerprint density at radius 2 is 1.94 bits per heavy atom. The van der Waals surface area contributed by atoms with Gasteiger partial charge in [-0.25, -0.2) is 9.59 Å². The summed E-state index contributed by atoms with van der Waals surface area (Å²) in [5.74, 6) is -1.96. The molecule has 0 amide bonds. The second-order valence-electron chi connectivity index (χ2n) is 7.28. The Morgan fingerprint density at radius 1 is 1.15 bits per heavy atom. The lowest BCUT2D eigenvalue weighted by Gasteiger charge is -2.27. The first-order chi connectivity index (χ1) is 16.0. The van der Waals surface area contributed by atoms with Crippen LogP contribution in [0.2, 0.25) is 5.02 Å². The fraction of sp³-hybridized carbons (Fsp3) is 0.192. The highest BCUT2D eigenvalue weighted by Gasteiger charge is 2.36. The molecule has 1 aliphatic rings. The van der Waals surface area contributed by atoms with Crippen molar-refractivity contribution < 1.29 is 19.1 Å². The van der Waals surface area contributed by atoms with Gasteiger partial charge < -0.3 is 14.8 Å². The Kier molecular flexibility index (Phi) is 8.45. The molecule has 1 atom stereocenters. The number of allylic oxidation sites excluding steroid dienone is 2. The maximum Gasteiger partial charge on any atom is 0.341 e. The van der Waals surface area contributed by atoms with Crippen LogP contribution >= 0.6 is 11.6 Å². The number of carbonyl (C=O) groups is 2. The van der Waals surface area contributed by atoms with Crippen LogP contribution in [0.1, 0.15) is 30.4 Å². The van der Waals surface area contributed by atoms with Gasteiger partial charge in [0.25, 0.3) is 0 Å². The summed E-state index contributed by atoms with van der Waals surface area (Å²) in [5.41, 5.74) is 2.77. The van der Waals surface area contributed by atoms with Crippen molar-refractivity contribution in [3.05, 3.63) is 106 Å². The van der Waals surface area contributed by atoms with Crippen molar-refractivity contribution in [3.8, 4) is 6.07 Å². The Morgan fingerprint density at radius 3 is 2.67 bits per heavy atom. The molecule has 168 valence electrons. The number of nitrogens with zero attached hydrogens (tertiary/aromatic N) is 1. The summed E-state index contributed by atoms with van der Waals surface area (Å²) in [5, 5.41) is 12.2. The molecule has 2 aromatic carbocycles. The van der Waals surface area contributed by atoms with E-state index in [0.717, 1.165) is 5.56 Å². The summed E-state index contributed by atoms with van der Waals surface area (Å²) in [4.78, 5) is 25.9. The van der Waals surface area contributed by atoms with E-state index in [0.29, 0.717) is 22.7 Å². The molecule has 0 fully saturated rings. The van der Waals surface area contributed by atoms with Crippen molar-refractivity contribution in [3.63, 3.8) is 0 Å². The number of dihydropyridines is 1. The molecule has 6 nitrogen and oxygen atoms in total. The van der Waals surface area contributed by atoms with Gasteiger partial charge >= 0.3 is 11.9 Å². The van der Waals surface area contributed by atoms with E-state index in [2.05, 4.69) is 5.32 Å². The van der Waals surface area contributed by atoms with Crippen LogP contribution < -0.4 is 5.32 Å². The smallest absolute Gasteiger partial charge is 0.341 e. The summed E-state index contributed by atoms with van der Waals surface area (Å²) in [7, 11) is 0. The molecule has 1 N–H and O–H groups in total. The molecule has 7 heteroatoms. The molecule has 0 bridgehead atoms. The van der Waals surface area contributed by atoms with Gasteiger partial charge in [-0.15, -0.1) is 0 Å². The number of halogens is 1. The molecule has 0 aliphatic carbocycles. The van der Waals surface area contributed by atoms with Gasteiger partial charge in [-0.1, -0.05) is 54.1 Å². The first kappa shape index (κ1) is 23.8. The van der Waals surface area contributed by atoms with Gasteiger partial charge in [-0.2, -0.15) is 5.26 Å². The average Bonchev–Trinajstić information content (AvgIpc) is 2.82. The highest BCUT2D eigenvalue weighted by atomic mass is 35.5. The first-order valence-corrected chi connectivity index (χ1v) is 10.8. The van der Waals surface area contributed by atoms with Gasteiger partial charge in [0.1, 0.15) is 6.61 Å². The fourth-order valence-electron chi connectivity index (χ4n) is 3.44. The molecule has 0 spiro atoms. The Bertz CT molecular complexity index is 1150. The Balaban J connectivity index is 1.83. The topological polar surface area (TPSA) is 88.4 Å². The molecule has 2 aromatic rings. The molecular weight excluding hydrogens is 440 g/mol. The maximum absolute atomic E-state index is 13.0. The molecule has 0 radical (unpaired) electrons. The standard InChI is InChI=1S/C26H23ClN2O4/c1-18-23(26(31)33-15-7-13-28)24(20-11-5-12-21(27)16-20)22(17-29-18)25(30)32-14-6-10-19-8-3-2-4-9-19/h2-6,8-9,11-12,14,16-17,24,29H,7,10,15H2,1H3/b14-6+. The molecule has 0 saturated carbocycles. The van der Waals surface area contributed by atoms with Crippen LogP contribution in [0.15, 0.2) is 90.0 Å². The summed E-state index contributed by atoms with van der Waals surface area (Å²) in [6.07, 6.45) is 5.31. The third-order valence-corrected chi connectivity index (χ3v) is 5.24. The lowest BCUT2D eigenvalue weighted by Crippen LogP contribution is -2.29. The molecule has 3 rings (SSSR count). The minimum absolute atomic E-state index is 0.0416. The molecule has 1 heterocycles. The Hall–Kier alpha value is -3.82. The van der Waals surface area contributed by atoms with Crippen LogP contribution in [-0.2, 0) is 25.5 Å². The van der Waals surface area contributed by atoms with Crippen LogP contribution in [0.4, 0.5) is 0 Å². The molecule has 1 aliphatic heterocycles. The van der Waals surface area contributed by atoms with Gasteiger partial charge in [-0.3, -0.25) is 0 Å². The number of benzene rings is 2. The van der Waals surface area contributed by atoms with Gasteiger partial charge in [0.05, 0.1) is 35.8 Å². The second-order valence-corrected chi connectivity index (χ2v) is 7.72. The number of nitriles is 1. The van der Waals surface area contributed by atoms with Crippen LogP contribution in [0.25, 0.3) is 0 Å². The summed E-state index contributed by atoms with van der Waals surface area (Å²) >= 11 is 6.19. The largest absolute Gasteiger partial charge is 0.461 e. The lowest BCUT2D eigenvalue weighted by atomic mass is 9.82. The van der Waals surface area contributed by atoms with Crippen LogP contribution in [0.3, 0.4) is 0 Å². The van der Waals surface area contributed by atoms with Crippen LogP contribution in [0, 0.1) is 11.3 Å². The lowest BCUT2D eigenvalue weighted by molar-refractivity contribution is -0.139. The molecule has 33 heavy (non-hydrogen) atoms. The van der Waals surface area contributed by atoms with E-state index < -0.39 is 17.9 Å². The zero-order valence-electron chi connectivity index (χ0n) is 18.1. The van der Waals surface area contributed by atoms with E-state index in [4.69, 9.17) is 26.3 Å². The summed E-state index contributed by atoms with van der Waals surface area (Å²) in [6.45, 7) is 1.68. The van der Waals surface area contributed by atoms with E-state index >= 15 is 0 Å². The fourth-order valence-corrected chi connectivity index (χ4v) is 3.64. The number of hydrogen-bond acceptors (Lipinski definition) is 6. The number of hydrogen-bond donors (Lipinski definition) is 1. The van der Waals surface area contributed by atoms with Crippen molar-refractivity contribution in [1.82, 2.24) is 5.32 Å². The van der Waals surface area contributed by atoms with E-state index in [-0.39, 0.29) is 24.2 Å². The van der Waals surface area contributed by atoms with Gasteiger partial charge in [0.2, 0.25) is 0 Å². The minimum atomic E-state index is -0.741. The van der Waals surface area contributed by atoms with E-state index in [1.807, 2.05) is 36.4 Å². The zero-order valence-corrected chi connectivity index (χ0v) is 18.8. The predicted molar refractivity (Wildman–Crippen MR) is 125 cm³/mol. The summed E-state index contributed by atoms with van der Waals surface area (Å²) < 4.78 is 10.6. The van der Waals surface area contributed by atoms with Crippen molar-refractivity contribution in [2.75, 3.05) is 6.61 Å². The zero-order chi connectivity index (χ0) is 23.6. The first-order valence-electron chi connectivity index (χ1n) is 10.4. The maximum atomic E-state index is 13.0. The molecule has 1 unspecified atom stereocenters. The van der Waals surface area contributed by atoms with Crippen molar-refractivity contribution in [2.24, 2.45) is 0 Å². The highest BCUT2D eigenvalue weighted by molar-refractivity contribution is 6.30. The van der Waals surface area contributed by atoms with E-state index in [1.54, 1.807) is 37.3 Å². The highest BCUT2D eigenvalue weighted by Crippen LogP contribution is 2.38. The van der Waals surface area contributed by atoms with Crippen molar-refractivity contribution in [2.45, 2.75) is 25.7 Å². The van der Waals surface area contributed by atoms with Crippen LogP contribution in [-0.4, -0.2) is 18.5 Å². The van der Waals surface area contributed by atoms with E-state index in [1.165, 1.54) is 12.5 Å². The number of ether oxygens (including phenoxy) is 2. The van der Waals surface area contributed by atoms with Gasteiger partial charge in [-0.05, 0) is 42.7 Å². The number of rotatable bonds is 8. The average molecular weight is 463 g/mol. The minimum Gasteiger partial charge on any atom is -0.461 e. The second kappa shape index (κ2) is 11.7. The summed E-state index contributed by atoms with van der Waals surface area (Å²) in [6, 6.07) is 18.6. The van der Waals surface area contributed by atoms with Gasteiger partial charge in [0.15, 0.2) is 0 Å². The number of carbonyl (C=O) groups excluding carboxylic acids is 2. The molecule has 0 aromatic heterocycles. The predicted octanol–water partition coefficient (Wildman–Crippen LogP) is 4.94. The molecule has 0 saturated heterocycles. The quantitative estimate of drug-likeness (QED) is 0.339. The van der Waals surface area contributed by atoms with E-state index in [9.17, 15) is 9.59 Å². The third kappa shape index (κ3) is 6.34. The SMILES string of the molecule is CC1=C(C(=O)OCCC#N)C(c2cccc(Cl)c2)C(C(=O)O/C=C/Cc2ccccc2)=CN1. The Labute approximate surface area is 197 Å². The van der Waals surface area contributed by atoms with Crippen molar-refractivity contribution >= 4 is 23.5 Å². The van der Waals surface area contributed by atoms with Crippen molar-refractivity contribution in [1.29, 1.82) is 5.26 Å². The number of esters is 2. The third-order valence-electron chi connectivity index (χ3n) is 5.00. The monoisotopic (exact) mass is 462 g/mol. The normalized spacial score (nSPS) is 15.4. The molecular formula is C26H23ClN2O4. The van der Waals surface area contributed by atoms with Crippen LogP contribution in [0.5, 0.6) is 0 Å².